The topological polar surface area (TPSA) is 54.7 Å². The average Bonchev–Trinajstić information content (AvgIpc) is 2.98. The lowest BCUT2D eigenvalue weighted by Crippen LogP contribution is -1.96. The molecule has 0 saturated heterocycles. The zero-order chi connectivity index (χ0) is 12.5. The molecule has 0 spiro atoms. The standard InChI is InChI=1S/C15H19N3/c1-2-11-6-7-13-14(11)18-15(17-13)12-5-3-4-10(8-12)9-16/h3-5,8,11H,2,6-7,9,16H2,1H3,(H,17,18). The van der Waals surface area contributed by atoms with Crippen LogP contribution in [-0.4, -0.2) is 9.97 Å². The lowest BCUT2D eigenvalue weighted by molar-refractivity contribution is 0.641. The molecule has 18 heavy (non-hydrogen) atoms. The number of fused-ring (bicyclic) bond motifs is 1. The number of hydrogen-bond acceptors (Lipinski definition) is 2. The van der Waals surface area contributed by atoms with E-state index in [1.54, 1.807) is 0 Å². The number of nitrogens with one attached hydrogen (secondary N) is 1. The first-order valence-electron chi connectivity index (χ1n) is 6.70. The molecule has 1 unspecified atom stereocenters. The van der Waals surface area contributed by atoms with E-state index < -0.39 is 0 Å². The van der Waals surface area contributed by atoms with E-state index in [-0.39, 0.29) is 0 Å². The second-order valence-electron chi connectivity index (χ2n) is 5.00. The summed E-state index contributed by atoms with van der Waals surface area (Å²) >= 11 is 0. The van der Waals surface area contributed by atoms with Crippen molar-refractivity contribution in [2.45, 2.75) is 38.6 Å². The number of aryl methyl sites for hydroxylation is 1. The number of nitrogens with two attached hydrogens (primary N) is 1. The van der Waals surface area contributed by atoms with Crippen molar-refractivity contribution in [3.05, 3.63) is 41.2 Å². The van der Waals surface area contributed by atoms with Gasteiger partial charge in [-0.3, -0.25) is 0 Å². The van der Waals surface area contributed by atoms with Gasteiger partial charge < -0.3 is 10.7 Å². The van der Waals surface area contributed by atoms with Gasteiger partial charge in [0.1, 0.15) is 5.82 Å². The van der Waals surface area contributed by atoms with E-state index >= 15 is 0 Å². The Morgan fingerprint density at radius 3 is 3.11 bits per heavy atom. The van der Waals surface area contributed by atoms with Crippen molar-refractivity contribution in [1.29, 1.82) is 0 Å². The monoisotopic (exact) mass is 241 g/mol. The molecule has 1 atom stereocenters. The summed E-state index contributed by atoms with van der Waals surface area (Å²) in [6, 6.07) is 8.31. The smallest absolute Gasteiger partial charge is 0.137 e. The predicted molar refractivity (Wildman–Crippen MR) is 73.3 cm³/mol. The highest BCUT2D eigenvalue weighted by atomic mass is 15.0. The SMILES string of the molecule is CCC1CCc2[nH]c(-c3cccc(CN)c3)nc21. The van der Waals surface area contributed by atoms with Gasteiger partial charge in [0.15, 0.2) is 0 Å². The Balaban J connectivity index is 1.98. The van der Waals surface area contributed by atoms with Gasteiger partial charge in [-0.1, -0.05) is 25.1 Å². The highest BCUT2D eigenvalue weighted by Crippen LogP contribution is 2.35. The van der Waals surface area contributed by atoms with Crippen LogP contribution in [0.25, 0.3) is 11.4 Å². The summed E-state index contributed by atoms with van der Waals surface area (Å²) in [5.74, 6) is 1.64. The predicted octanol–water partition coefficient (Wildman–Crippen LogP) is 2.98. The Labute approximate surface area is 107 Å². The van der Waals surface area contributed by atoms with Gasteiger partial charge in [0.2, 0.25) is 0 Å². The van der Waals surface area contributed by atoms with Gasteiger partial charge in [-0.15, -0.1) is 0 Å². The highest BCUT2D eigenvalue weighted by Gasteiger charge is 2.25. The van der Waals surface area contributed by atoms with Crippen LogP contribution < -0.4 is 5.73 Å². The molecule has 1 aromatic carbocycles. The molecule has 1 aliphatic carbocycles. The third-order valence-corrected chi connectivity index (χ3v) is 3.87. The van der Waals surface area contributed by atoms with Crippen molar-refractivity contribution in [3.8, 4) is 11.4 Å². The number of imidazole rings is 1. The van der Waals surface area contributed by atoms with E-state index in [1.165, 1.54) is 24.2 Å². The van der Waals surface area contributed by atoms with Crippen LogP contribution in [0.5, 0.6) is 0 Å². The fourth-order valence-corrected chi connectivity index (χ4v) is 2.79. The second-order valence-corrected chi connectivity index (χ2v) is 5.00. The van der Waals surface area contributed by atoms with Crippen LogP contribution >= 0.6 is 0 Å². The lowest BCUT2D eigenvalue weighted by atomic mass is 10.0. The van der Waals surface area contributed by atoms with Gasteiger partial charge >= 0.3 is 0 Å². The van der Waals surface area contributed by atoms with Crippen molar-refractivity contribution in [3.63, 3.8) is 0 Å². The number of hydrogen-bond donors (Lipinski definition) is 2. The molecular weight excluding hydrogens is 222 g/mol. The van der Waals surface area contributed by atoms with Crippen molar-refractivity contribution in [1.82, 2.24) is 9.97 Å². The number of H-pyrrole nitrogens is 1. The molecule has 0 radical (unpaired) electrons. The van der Waals surface area contributed by atoms with E-state index in [4.69, 9.17) is 10.7 Å². The molecular formula is C15H19N3. The van der Waals surface area contributed by atoms with Gasteiger partial charge in [0.05, 0.1) is 5.69 Å². The van der Waals surface area contributed by atoms with E-state index in [2.05, 4.69) is 30.1 Å². The Morgan fingerprint density at radius 2 is 2.33 bits per heavy atom. The van der Waals surface area contributed by atoms with Crippen molar-refractivity contribution >= 4 is 0 Å². The number of aromatic amines is 1. The van der Waals surface area contributed by atoms with E-state index in [0.29, 0.717) is 12.5 Å². The fraction of sp³-hybridized carbons (Fsp3) is 0.400. The zero-order valence-electron chi connectivity index (χ0n) is 10.7. The van der Waals surface area contributed by atoms with Gasteiger partial charge in [0, 0.05) is 23.7 Å². The number of benzene rings is 1. The Bertz CT molecular complexity index is 557. The Morgan fingerprint density at radius 1 is 1.44 bits per heavy atom. The van der Waals surface area contributed by atoms with Crippen LogP contribution in [0.1, 0.15) is 42.6 Å². The van der Waals surface area contributed by atoms with Gasteiger partial charge in [0.25, 0.3) is 0 Å². The van der Waals surface area contributed by atoms with Crippen molar-refractivity contribution in [2.24, 2.45) is 5.73 Å². The van der Waals surface area contributed by atoms with Crippen molar-refractivity contribution in [2.75, 3.05) is 0 Å². The number of rotatable bonds is 3. The summed E-state index contributed by atoms with van der Waals surface area (Å²) in [7, 11) is 0. The van der Waals surface area contributed by atoms with E-state index in [1.807, 2.05) is 6.07 Å². The van der Waals surface area contributed by atoms with Gasteiger partial charge in [-0.2, -0.15) is 0 Å². The summed E-state index contributed by atoms with van der Waals surface area (Å²) < 4.78 is 0. The maximum atomic E-state index is 5.68. The highest BCUT2D eigenvalue weighted by molar-refractivity contribution is 5.57. The number of nitrogens with zero attached hydrogens (tertiary/aromatic N) is 1. The molecule has 1 aliphatic rings. The van der Waals surface area contributed by atoms with Crippen LogP contribution in [0.3, 0.4) is 0 Å². The average molecular weight is 241 g/mol. The minimum atomic E-state index is 0.575. The van der Waals surface area contributed by atoms with Crippen LogP contribution in [0.4, 0.5) is 0 Å². The molecule has 94 valence electrons. The third-order valence-electron chi connectivity index (χ3n) is 3.87. The first-order valence-corrected chi connectivity index (χ1v) is 6.70. The maximum Gasteiger partial charge on any atom is 0.137 e. The van der Waals surface area contributed by atoms with Crippen LogP contribution in [-0.2, 0) is 13.0 Å². The minimum Gasteiger partial charge on any atom is -0.342 e. The zero-order valence-corrected chi connectivity index (χ0v) is 10.7. The normalized spacial score (nSPS) is 18.0. The fourth-order valence-electron chi connectivity index (χ4n) is 2.79. The molecule has 3 rings (SSSR count). The molecule has 0 amide bonds. The Kier molecular flexibility index (Phi) is 2.92. The summed E-state index contributed by atoms with van der Waals surface area (Å²) in [5.41, 5.74) is 10.6. The largest absolute Gasteiger partial charge is 0.342 e. The third kappa shape index (κ3) is 1.85. The van der Waals surface area contributed by atoms with E-state index in [0.717, 1.165) is 23.4 Å². The van der Waals surface area contributed by atoms with Crippen LogP contribution in [0, 0.1) is 0 Å². The van der Waals surface area contributed by atoms with Gasteiger partial charge in [-0.25, -0.2) is 4.98 Å². The molecule has 3 heteroatoms. The minimum absolute atomic E-state index is 0.575. The number of aromatic nitrogens is 2. The summed E-state index contributed by atoms with van der Waals surface area (Å²) in [4.78, 5) is 8.27. The molecule has 1 heterocycles. The summed E-state index contributed by atoms with van der Waals surface area (Å²) in [6.45, 7) is 2.81. The van der Waals surface area contributed by atoms with Crippen LogP contribution in [0.2, 0.25) is 0 Å². The second kappa shape index (κ2) is 4.58. The molecule has 3 nitrogen and oxygen atoms in total. The molecule has 3 N–H and O–H groups in total. The molecule has 0 aliphatic heterocycles. The van der Waals surface area contributed by atoms with Gasteiger partial charge in [-0.05, 0) is 30.9 Å². The quantitative estimate of drug-likeness (QED) is 0.868. The molecule has 2 aromatic rings. The molecule has 0 bridgehead atoms. The van der Waals surface area contributed by atoms with Crippen LogP contribution in [0.15, 0.2) is 24.3 Å². The summed E-state index contributed by atoms with van der Waals surface area (Å²) in [5, 5.41) is 0. The van der Waals surface area contributed by atoms with E-state index in [9.17, 15) is 0 Å². The molecule has 1 aromatic heterocycles. The Hall–Kier alpha value is -1.61. The molecule has 0 fully saturated rings. The summed E-state index contributed by atoms with van der Waals surface area (Å²) in [6.07, 6.45) is 3.56. The maximum absolute atomic E-state index is 5.68. The first kappa shape index (κ1) is 11.5. The lowest BCUT2D eigenvalue weighted by Gasteiger charge is -2.04. The molecule has 0 saturated carbocycles. The first-order chi connectivity index (χ1) is 8.81. The van der Waals surface area contributed by atoms with Crippen molar-refractivity contribution < 1.29 is 0 Å².